The lowest BCUT2D eigenvalue weighted by molar-refractivity contribution is 0.383. The van der Waals surface area contributed by atoms with Gasteiger partial charge in [-0.1, -0.05) is 20.8 Å². The average Bonchev–Trinajstić information content (AvgIpc) is 2.72. The molecule has 1 N–H and O–H groups in total. The van der Waals surface area contributed by atoms with Crippen LogP contribution in [0.3, 0.4) is 0 Å². The van der Waals surface area contributed by atoms with E-state index in [0.29, 0.717) is 18.0 Å². The molecule has 3 nitrogen and oxygen atoms in total. The van der Waals surface area contributed by atoms with Crippen LogP contribution < -0.4 is 5.32 Å². The van der Waals surface area contributed by atoms with E-state index in [-0.39, 0.29) is 0 Å². The van der Waals surface area contributed by atoms with Gasteiger partial charge in [-0.3, -0.25) is 4.68 Å². The molecule has 17 heavy (non-hydrogen) atoms. The van der Waals surface area contributed by atoms with Crippen LogP contribution in [0.15, 0.2) is 12.3 Å². The standard InChI is InChI=1S/C14H27N3/c1-6-15-14(11(2)3)8-7-13-9-10-17(16-13)12(4)5/h9-12,14-15H,6-8H2,1-5H3. The van der Waals surface area contributed by atoms with E-state index in [9.17, 15) is 0 Å². The first-order chi connectivity index (χ1) is 8.04. The van der Waals surface area contributed by atoms with E-state index in [2.05, 4.69) is 57.3 Å². The van der Waals surface area contributed by atoms with Crippen LogP contribution in [-0.4, -0.2) is 22.4 Å². The summed E-state index contributed by atoms with van der Waals surface area (Å²) >= 11 is 0. The molecule has 3 heteroatoms. The second-order valence-electron chi connectivity index (χ2n) is 5.33. The molecule has 0 fully saturated rings. The second kappa shape index (κ2) is 6.80. The van der Waals surface area contributed by atoms with Gasteiger partial charge in [0.05, 0.1) is 5.69 Å². The highest BCUT2D eigenvalue weighted by atomic mass is 15.3. The molecule has 0 radical (unpaired) electrons. The molecule has 0 aliphatic rings. The van der Waals surface area contributed by atoms with Crippen molar-refractivity contribution >= 4 is 0 Å². The Balaban J connectivity index is 2.47. The molecule has 1 atom stereocenters. The normalized spacial score (nSPS) is 13.6. The first kappa shape index (κ1) is 14.2. The van der Waals surface area contributed by atoms with Gasteiger partial charge in [0.25, 0.3) is 0 Å². The van der Waals surface area contributed by atoms with Gasteiger partial charge in [-0.2, -0.15) is 5.10 Å². The van der Waals surface area contributed by atoms with Gasteiger partial charge in [0.1, 0.15) is 0 Å². The van der Waals surface area contributed by atoms with Crippen molar-refractivity contribution in [3.63, 3.8) is 0 Å². The van der Waals surface area contributed by atoms with Crippen LogP contribution in [0, 0.1) is 5.92 Å². The van der Waals surface area contributed by atoms with Crippen molar-refractivity contribution < 1.29 is 0 Å². The first-order valence-corrected chi connectivity index (χ1v) is 6.82. The molecule has 0 aliphatic heterocycles. The summed E-state index contributed by atoms with van der Waals surface area (Å²) in [5.74, 6) is 0.683. The number of aryl methyl sites for hydroxylation is 1. The van der Waals surface area contributed by atoms with Gasteiger partial charge in [0, 0.05) is 18.3 Å². The third-order valence-corrected chi connectivity index (χ3v) is 3.18. The largest absolute Gasteiger partial charge is 0.314 e. The maximum atomic E-state index is 4.59. The minimum atomic E-state index is 0.457. The summed E-state index contributed by atoms with van der Waals surface area (Å²) in [6, 6.07) is 3.20. The van der Waals surface area contributed by atoms with E-state index < -0.39 is 0 Å². The van der Waals surface area contributed by atoms with Crippen molar-refractivity contribution in [1.82, 2.24) is 15.1 Å². The molecule has 1 aromatic rings. The molecular formula is C14H27N3. The lowest BCUT2D eigenvalue weighted by Crippen LogP contribution is -2.34. The summed E-state index contributed by atoms with van der Waals surface area (Å²) in [5.41, 5.74) is 1.21. The topological polar surface area (TPSA) is 29.9 Å². The Morgan fingerprint density at radius 2 is 2.00 bits per heavy atom. The number of nitrogens with zero attached hydrogens (tertiary/aromatic N) is 2. The van der Waals surface area contributed by atoms with Crippen molar-refractivity contribution in [1.29, 1.82) is 0 Å². The highest BCUT2D eigenvalue weighted by Crippen LogP contribution is 2.11. The molecule has 1 aromatic heterocycles. The maximum Gasteiger partial charge on any atom is 0.0625 e. The molecule has 1 heterocycles. The van der Waals surface area contributed by atoms with Crippen molar-refractivity contribution in [3.8, 4) is 0 Å². The number of rotatable bonds is 7. The minimum absolute atomic E-state index is 0.457. The monoisotopic (exact) mass is 237 g/mol. The zero-order valence-corrected chi connectivity index (χ0v) is 11.9. The predicted molar refractivity (Wildman–Crippen MR) is 73.2 cm³/mol. The van der Waals surface area contributed by atoms with Gasteiger partial charge in [-0.25, -0.2) is 0 Å². The number of nitrogens with one attached hydrogen (secondary N) is 1. The summed E-state index contributed by atoms with van der Waals surface area (Å²) in [7, 11) is 0. The molecule has 0 aromatic carbocycles. The van der Waals surface area contributed by atoms with Crippen molar-refractivity contribution in [2.75, 3.05) is 6.54 Å². The molecule has 1 unspecified atom stereocenters. The maximum absolute atomic E-state index is 4.59. The molecule has 0 saturated heterocycles. The van der Waals surface area contributed by atoms with Gasteiger partial charge < -0.3 is 5.32 Å². The van der Waals surface area contributed by atoms with Crippen LogP contribution in [-0.2, 0) is 6.42 Å². The summed E-state index contributed by atoms with van der Waals surface area (Å²) in [5, 5.41) is 8.14. The van der Waals surface area contributed by atoms with E-state index in [1.54, 1.807) is 0 Å². The second-order valence-corrected chi connectivity index (χ2v) is 5.33. The van der Waals surface area contributed by atoms with E-state index >= 15 is 0 Å². The Bertz CT molecular complexity index is 315. The highest BCUT2D eigenvalue weighted by molar-refractivity contribution is 5.00. The molecule has 0 aliphatic carbocycles. The van der Waals surface area contributed by atoms with E-state index in [4.69, 9.17) is 0 Å². The average molecular weight is 237 g/mol. The van der Waals surface area contributed by atoms with Crippen LogP contribution in [0.25, 0.3) is 0 Å². The van der Waals surface area contributed by atoms with Crippen LogP contribution in [0.4, 0.5) is 0 Å². The Morgan fingerprint density at radius 1 is 1.29 bits per heavy atom. The Labute approximate surface area is 106 Å². The Morgan fingerprint density at radius 3 is 2.47 bits per heavy atom. The van der Waals surface area contributed by atoms with Gasteiger partial charge in [0.2, 0.25) is 0 Å². The summed E-state index contributed by atoms with van der Waals surface area (Å²) < 4.78 is 2.03. The van der Waals surface area contributed by atoms with Gasteiger partial charge in [-0.15, -0.1) is 0 Å². The summed E-state index contributed by atoms with van der Waals surface area (Å²) in [6.45, 7) is 12.1. The van der Waals surface area contributed by atoms with Gasteiger partial charge >= 0.3 is 0 Å². The van der Waals surface area contributed by atoms with E-state index in [1.165, 1.54) is 12.1 Å². The molecule has 1 rings (SSSR count). The van der Waals surface area contributed by atoms with Crippen LogP contribution in [0.2, 0.25) is 0 Å². The summed E-state index contributed by atoms with van der Waals surface area (Å²) in [4.78, 5) is 0. The molecule has 0 bridgehead atoms. The van der Waals surface area contributed by atoms with Gasteiger partial charge in [-0.05, 0) is 45.2 Å². The first-order valence-electron chi connectivity index (χ1n) is 6.82. The third-order valence-electron chi connectivity index (χ3n) is 3.18. The molecule has 0 spiro atoms. The van der Waals surface area contributed by atoms with Gasteiger partial charge in [0.15, 0.2) is 0 Å². The highest BCUT2D eigenvalue weighted by Gasteiger charge is 2.12. The zero-order valence-electron chi connectivity index (χ0n) is 11.9. The van der Waals surface area contributed by atoms with E-state index in [0.717, 1.165) is 13.0 Å². The Hall–Kier alpha value is -0.830. The number of hydrogen-bond acceptors (Lipinski definition) is 2. The lowest BCUT2D eigenvalue weighted by atomic mass is 9.98. The minimum Gasteiger partial charge on any atom is -0.314 e. The fourth-order valence-electron chi connectivity index (χ4n) is 2.03. The fraction of sp³-hybridized carbons (Fsp3) is 0.786. The summed E-state index contributed by atoms with van der Waals surface area (Å²) in [6.07, 6.45) is 4.31. The molecular weight excluding hydrogens is 210 g/mol. The van der Waals surface area contributed by atoms with Crippen LogP contribution in [0.5, 0.6) is 0 Å². The fourth-order valence-corrected chi connectivity index (χ4v) is 2.03. The Kier molecular flexibility index (Phi) is 5.69. The van der Waals surface area contributed by atoms with Crippen molar-refractivity contribution in [2.45, 2.75) is 59.5 Å². The molecule has 98 valence electrons. The van der Waals surface area contributed by atoms with Crippen molar-refractivity contribution in [2.24, 2.45) is 5.92 Å². The quantitative estimate of drug-likeness (QED) is 0.790. The molecule has 0 amide bonds. The SMILES string of the molecule is CCNC(CCc1ccn(C(C)C)n1)C(C)C. The third kappa shape index (κ3) is 4.50. The van der Waals surface area contributed by atoms with E-state index in [1.807, 2.05) is 4.68 Å². The van der Waals surface area contributed by atoms with Crippen molar-refractivity contribution in [3.05, 3.63) is 18.0 Å². The number of hydrogen-bond donors (Lipinski definition) is 1. The van der Waals surface area contributed by atoms with Crippen LogP contribution in [0.1, 0.15) is 52.8 Å². The zero-order chi connectivity index (χ0) is 12.8. The van der Waals surface area contributed by atoms with Crippen LogP contribution >= 0.6 is 0 Å². The number of aromatic nitrogens is 2. The smallest absolute Gasteiger partial charge is 0.0625 e. The lowest BCUT2D eigenvalue weighted by Gasteiger charge is -2.21. The predicted octanol–water partition coefficient (Wildman–Crippen LogP) is 3.03. The molecule has 0 saturated carbocycles.